The first-order valence-corrected chi connectivity index (χ1v) is 8.38. The van der Waals surface area contributed by atoms with Gasteiger partial charge in [0.1, 0.15) is 0 Å². The molecule has 0 saturated carbocycles. The fourth-order valence-corrected chi connectivity index (χ4v) is 2.01. The molecule has 0 aliphatic carbocycles. The monoisotopic (exact) mass is 309 g/mol. The molecule has 0 bridgehead atoms. The largest absolute Gasteiger partial charge is 0.490 e. The van der Waals surface area contributed by atoms with E-state index in [2.05, 4.69) is 38.2 Å². The van der Waals surface area contributed by atoms with Gasteiger partial charge in [-0.05, 0) is 57.9 Å². The first-order chi connectivity index (χ1) is 10.7. The fourth-order valence-electron chi connectivity index (χ4n) is 2.01. The summed E-state index contributed by atoms with van der Waals surface area (Å²) in [7, 11) is 0. The molecule has 1 N–H and O–H groups in total. The summed E-state index contributed by atoms with van der Waals surface area (Å²) in [6, 6.07) is 6.15. The SMILES string of the molecule is CCCOc1ccc(CNCCCOC(C)C)cc1OCC. The molecule has 1 rings (SSSR count). The summed E-state index contributed by atoms with van der Waals surface area (Å²) in [6.45, 7) is 12.2. The molecule has 0 saturated heterocycles. The van der Waals surface area contributed by atoms with Crippen LogP contribution in [-0.2, 0) is 11.3 Å². The average molecular weight is 309 g/mol. The summed E-state index contributed by atoms with van der Waals surface area (Å²) in [5.74, 6) is 1.66. The van der Waals surface area contributed by atoms with Crippen LogP contribution < -0.4 is 14.8 Å². The first-order valence-electron chi connectivity index (χ1n) is 8.38. The highest BCUT2D eigenvalue weighted by molar-refractivity contribution is 5.43. The molecule has 1 aromatic carbocycles. The van der Waals surface area contributed by atoms with Gasteiger partial charge in [0.25, 0.3) is 0 Å². The standard InChI is InChI=1S/C18H31NO3/c1-5-11-22-17-9-8-16(13-18(17)20-6-2)14-19-10-7-12-21-15(3)4/h8-9,13,15,19H,5-7,10-12,14H2,1-4H3. The van der Waals surface area contributed by atoms with Crippen molar-refractivity contribution in [2.24, 2.45) is 0 Å². The van der Waals surface area contributed by atoms with Crippen molar-refractivity contribution in [1.82, 2.24) is 5.32 Å². The van der Waals surface area contributed by atoms with Gasteiger partial charge in [0, 0.05) is 13.2 Å². The number of hydrogen-bond acceptors (Lipinski definition) is 4. The van der Waals surface area contributed by atoms with E-state index in [4.69, 9.17) is 14.2 Å². The van der Waals surface area contributed by atoms with Gasteiger partial charge in [0.05, 0.1) is 19.3 Å². The van der Waals surface area contributed by atoms with Crippen LogP contribution in [0.25, 0.3) is 0 Å². The van der Waals surface area contributed by atoms with Crippen LogP contribution in [-0.4, -0.2) is 32.5 Å². The van der Waals surface area contributed by atoms with Crippen LogP contribution in [0, 0.1) is 0 Å². The topological polar surface area (TPSA) is 39.7 Å². The van der Waals surface area contributed by atoms with Gasteiger partial charge < -0.3 is 19.5 Å². The summed E-state index contributed by atoms with van der Waals surface area (Å²) in [6.07, 6.45) is 2.33. The summed E-state index contributed by atoms with van der Waals surface area (Å²) in [5, 5.41) is 3.43. The highest BCUT2D eigenvalue weighted by Gasteiger charge is 2.06. The maximum atomic E-state index is 5.71. The van der Waals surface area contributed by atoms with Gasteiger partial charge in [0.15, 0.2) is 11.5 Å². The quantitative estimate of drug-likeness (QED) is 0.597. The molecular weight excluding hydrogens is 278 g/mol. The van der Waals surface area contributed by atoms with E-state index in [0.717, 1.165) is 44.0 Å². The van der Waals surface area contributed by atoms with Gasteiger partial charge in [-0.2, -0.15) is 0 Å². The Morgan fingerprint density at radius 2 is 1.86 bits per heavy atom. The van der Waals surface area contributed by atoms with Gasteiger partial charge >= 0.3 is 0 Å². The molecule has 4 nitrogen and oxygen atoms in total. The Labute approximate surface area is 135 Å². The lowest BCUT2D eigenvalue weighted by molar-refractivity contribution is 0.0770. The summed E-state index contributed by atoms with van der Waals surface area (Å²) in [5.41, 5.74) is 1.21. The lowest BCUT2D eigenvalue weighted by atomic mass is 10.2. The third kappa shape index (κ3) is 7.66. The summed E-state index contributed by atoms with van der Waals surface area (Å²) < 4.78 is 16.9. The number of ether oxygens (including phenoxy) is 3. The van der Waals surface area contributed by atoms with E-state index < -0.39 is 0 Å². The molecule has 0 fully saturated rings. The van der Waals surface area contributed by atoms with Gasteiger partial charge in [-0.3, -0.25) is 0 Å². The maximum absolute atomic E-state index is 5.71. The Morgan fingerprint density at radius 3 is 2.55 bits per heavy atom. The predicted octanol–water partition coefficient (Wildman–Crippen LogP) is 3.78. The van der Waals surface area contributed by atoms with E-state index in [-0.39, 0.29) is 0 Å². The van der Waals surface area contributed by atoms with Gasteiger partial charge in [-0.15, -0.1) is 0 Å². The summed E-state index contributed by atoms with van der Waals surface area (Å²) in [4.78, 5) is 0. The molecule has 0 aromatic heterocycles. The van der Waals surface area contributed by atoms with E-state index in [9.17, 15) is 0 Å². The molecule has 0 heterocycles. The van der Waals surface area contributed by atoms with E-state index in [0.29, 0.717) is 19.3 Å². The van der Waals surface area contributed by atoms with Crippen molar-refractivity contribution < 1.29 is 14.2 Å². The minimum Gasteiger partial charge on any atom is -0.490 e. The Hall–Kier alpha value is -1.26. The maximum Gasteiger partial charge on any atom is 0.161 e. The minimum atomic E-state index is 0.310. The second-order valence-electron chi connectivity index (χ2n) is 5.51. The van der Waals surface area contributed by atoms with Crippen LogP contribution in [0.15, 0.2) is 18.2 Å². The molecule has 0 spiro atoms. The molecule has 0 amide bonds. The van der Waals surface area contributed by atoms with Crippen LogP contribution in [0.4, 0.5) is 0 Å². The molecule has 0 radical (unpaired) electrons. The highest BCUT2D eigenvalue weighted by Crippen LogP contribution is 2.28. The lowest BCUT2D eigenvalue weighted by Gasteiger charge is -2.13. The number of hydrogen-bond donors (Lipinski definition) is 1. The van der Waals surface area contributed by atoms with E-state index in [1.165, 1.54) is 5.56 Å². The Morgan fingerprint density at radius 1 is 1.05 bits per heavy atom. The first kappa shape index (κ1) is 18.8. The summed E-state index contributed by atoms with van der Waals surface area (Å²) >= 11 is 0. The molecule has 126 valence electrons. The molecule has 22 heavy (non-hydrogen) atoms. The lowest BCUT2D eigenvalue weighted by Crippen LogP contribution is -2.17. The van der Waals surface area contributed by atoms with Gasteiger partial charge in [-0.1, -0.05) is 13.0 Å². The molecule has 4 heteroatoms. The number of nitrogens with one attached hydrogen (secondary N) is 1. The van der Waals surface area contributed by atoms with Crippen LogP contribution in [0.5, 0.6) is 11.5 Å². The van der Waals surface area contributed by atoms with Crippen molar-refractivity contribution in [3.8, 4) is 11.5 Å². The molecule has 1 aromatic rings. The molecule has 0 atom stereocenters. The van der Waals surface area contributed by atoms with E-state index in [1.807, 2.05) is 13.0 Å². The van der Waals surface area contributed by atoms with Crippen LogP contribution in [0.2, 0.25) is 0 Å². The zero-order valence-corrected chi connectivity index (χ0v) is 14.5. The van der Waals surface area contributed by atoms with Crippen LogP contribution in [0.3, 0.4) is 0 Å². The fraction of sp³-hybridized carbons (Fsp3) is 0.667. The van der Waals surface area contributed by atoms with Crippen molar-refractivity contribution in [3.05, 3.63) is 23.8 Å². The van der Waals surface area contributed by atoms with Crippen molar-refractivity contribution in [1.29, 1.82) is 0 Å². The van der Waals surface area contributed by atoms with Gasteiger partial charge in [-0.25, -0.2) is 0 Å². The Balaban J connectivity index is 2.41. The smallest absolute Gasteiger partial charge is 0.161 e. The predicted molar refractivity (Wildman–Crippen MR) is 90.8 cm³/mol. The Bertz CT molecular complexity index is 407. The zero-order valence-electron chi connectivity index (χ0n) is 14.5. The van der Waals surface area contributed by atoms with Crippen molar-refractivity contribution in [2.75, 3.05) is 26.4 Å². The number of benzene rings is 1. The third-order valence-corrected chi connectivity index (χ3v) is 3.05. The Kier molecular flexibility index (Phi) is 9.67. The zero-order chi connectivity index (χ0) is 16.2. The molecule has 0 unspecified atom stereocenters. The highest BCUT2D eigenvalue weighted by atomic mass is 16.5. The van der Waals surface area contributed by atoms with E-state index in [1.54, 1.807) is 0 Å². The minimum absolute atomic E-state index is 0.310. The molecular formula is C18H31NO3. The normalized spacial score (nSPS) is 11.0. The number of rotatable bonds is 12. The van der Waals surface area contributed by atoms with E-state index >= 15 is 0 Å². The third-order valence-electron chi connectivity index (χ3n) is 3.05. The second kappa shape index (κ2) is 11.3. The van der Waals surface area contributed by atoms with Crippen molar-refractivity contribution >= 4 is 0 Å². The molecule has 0 aliphatic rings. The van der Waals surface area contributed by atoms with Gasteiger partial charge in [0.2, 0.25) is 0 Å². The van der Waals surface area contributed by atoms with Crippen molar-refractivity contribution in [3.63, 3.8) is 0 Å². The van der Waals surface area contributed by atoms with Crippen LogP contribution >= 0.6 is 0 Å². The molecule has 0 aliphatic heterocycles. The van der Waals surface area contributed by atoms with Crippen molar-refractivity contribution in [2.45, 2.75) is 53.2 Å². The van der Waals surface area contributed by atoms with Crippen LogP contribution in [0.1, 0.15) is 46.1 Å². The average Bonchev–Trinajstić information content (AvgIpc) is 2.50. The second-order valence-corrected chi connectivity index (χ2v) is 5.51.